The Bertz CT molecular complexity index is 303. The van der Waals surface area contributed by atoms with Gasteiger partial charge in [-0.25, -0.2) is 0 Å². The Morgan fingerprint density at radius 2 is 2.23 bits per heavy atom. The molecule has 0 amide bonds. The summed E-state index contributed by atoms with van der Waals surface area (Å²) in [5.74, 6) is 0.977. The van der Waals surface area contributed by atoms with Crippen molar-refractivity contribution in [2.45, 2.75) is 13.8 Å². The first-order valence-corrected chi connectivity index (χ1v) is 4.37. The lowest BCUT2D eigenvalue weighted by atomic mass is 10.1. The molecular weight excluding hydrogens is 164 g/mol. The predicted octanol–water partition coefficient (Wildman–Crippen LogP) is 2.82. The van der Waals surface area contributed by atoms with E-state index >= 15 is 0 Å². The van der Waals surface area contributed by atoms with Gasteiger partial charge in [0.1, 0.15) is 11.5 Å². The van der Waals surface area contributed by atoms with Crippen LogP contribution >= 0.6 is 0 Å². The number of phenolic OH excluding ortho intramolecular Hbond substituents is 1. The second-order valence-corrected chi connectivity index (χ2v) is 2.62. The van der Waals surface area contributed by atoms with Gasteiger partial charge in [-0.15, -0.1) is 0 Å². The molecular formula is C11H14O2. The third kappa shape index (κ3) is 2.25. The molecule has 0 aliphatic carbocycles. The predicted molar refractivity (Wildman–Crippen MR) is 54.0 cm³/mol. The molecule has 0 saturated heterocycles. The Kier molecular flexibility index (Phi) is 3.38. The number of phenols is 1. The fourth-order valence-corrected chi connectivity index (χ4v) is 1.15. The highest BCUT2D eigenvalue weighted by molar-refractivity contribution is 5.63. The van der Waals surface area contributed by atoms with Crippen LogP contribution in [0.2, 0.25) is 0 Å². The van der Waals surface area contributed by atoms with Crippen LogP contribution in [-0.2, 0) is 0 Å². The van der Waals surface area contributed by atoms with Gasteiger partial charge in [-0.1, -0.05) is 18.2 Å². The van der Waals surface area contributed by atoms with Crippen LogP contribution in [0.15, 0.2) is 24.3 Å². The maximum Gasteiger partial charge on any atom is 0.130 e. The van der Waals surface area contributed by atoms with E-state index in [1.165, 1.54) is 0 Å². The molecule has 0 atom stereocenters. The average molecular weight is 178 g/mol. The molecule has 1 N–H and O–H groups in total. The molecule has 0 aromatic heterocycles. The molecule has 70 valence electrons. The van der Waals surface area contributed by atoms with Gasteiger partial charge < -0.3 is 9.84 Å². The molecule has 13 heavy (non-hydrogen) atoms. The molecule has 0 heterocycles. The molecule has 0 saturated carbocycles. The number of allylic oxidation sites excluding steroid dienone is 1. The van der Waals surface area contributed by atoms with Crippen LogP contribution in [0.25, 0.3) is 6.08 Å². The van der Waals surface area contributed by atoms with Crippen LogP contribution in [0, 0.1) is 0 Å². The summed E-state index contributed by atoms with van der Waals surface area (Å²) in [6.45, 7) is 4.43. The van der Waals surface area contributed by atoms with Gasteiger partial charge >= 0.3 is 0 Å². The van der Waals surface area contributed by atoms with E-state index in [-0.39, 0.29) is 5.75 Å². The summed E-state index contributed by atoms with van der Waals surface area (Å²) in [6, 6.07) is 5.27. The summed E-state index contributed by atoms with van der Waals surface area (Å²) < 4.78 is 5.36. The lowest BCUT2D eigenvalue weighted by Crippen LogP contribution is -1.93. The molecule has 0 unspecified atom stereocenters. The minimum Gasteiger partial charge on any atom is -0.507 e. The fourth-order valence-electron chi connectivity index (χ4n) is 1.15. The van der Waals surface area contributed by atoms with Gasteiger partial charge in [0, 0.05) is 0 Å². The molecule has 0 radical (unpaired) electrons. The van der Waals surface area contributed by atoms with Crippen molar-refractivity contribution in [1.82, 2.24) is 0 Å². The first-order valence-electron chi connectivity index (χ1n) is 4.37. The van der Waals surface area contributed by atoms with Crippen molar-refractivity contribution in [2.24, 2.45) is 0 Å². The van der Waals surface area contributed by atoms with E-state index in [1.54, 1.807) is 12.1 Å². The SMILES string of the molecule is C/C=C/c1c(O)cccc1OCC. The number of aromatic hydroxyl groups is 1. The van der Waals surface area contributed by atoms with Gasteiger partial charge in [0.05, 0.1) is 12.2 Å². The molecule has 2 heteroatoms. The Hall–Kier alpha value is -1.44. The van der Waals surface area contributed by atoms with Crippen molar-refractivity contribution in [3.8, 4) is 11.5 Å². The van der Waals surface area contributed by atoms with E-state index in [0.29, 0.717) is 6.61 Å². The Morgan fingerprint density at radius 3 is 2.85 bits per heavy atom. The van der Waals surface area contributed by atoms with E-state index in [1.807, 2.05) is 32.1 Å². The highest BCUT2D eigenvalue weighted by Crippen LogP contribution is 2.28. The summed E-state index contributed by atoms with van der Waals surface area (Å²) >= 11 is 0. The zero-order chi connectivity index (χ0) is 9.68. The lowest BCUT2D eigenvalue weighted by Gasteiger charge is -2.07. The number of rotatable bonds is 3. The summed E-state index contributed by atoms with van der Waals surface area (Å²) in [4.78, 5) is 0. The summed E-state index contributed by atoms with van der Waals surface area (Å²) in [7, 11) is 0. The first-order chi connectivity index (χ1) is 6.29. The minimum absolute atomic E-state index is 0.254. The minimum atomic E-state index is 0.254. The monoisotopic (exact) mass is 178 g/mol. The first kappa shape index (κ1) is 9.65. The van der Waals surface area contributed by atoms with Crippen LogP contribution in [-0.4, -0.2) is 11.7 Å². The van der Waals surface area contributed by atoms with Crippen LogP contribution < -0.4 is 4.74 Å². The van der Waals surface area contributed by atoms with E-state index in [0.717, 1.165) is 11.3 Å². The number of ether oxygens (including phenoxy) is 1. The smallest absolute Gasteiger partial charge is 0.130 e. The highest BCUT2D eigenvalue weighted by Gasteiger charge is 2.03. The maximum absolute atomic E-state index is 9.52. The van der Waals surface area contributed by atoms with Gasteiger partial charge in [0.2, 0.25) is 0 Å². The van der Waals surface area contributed by atoms with Crippen molar-refractivity contribution in [3.05, 3.63) is 29.8 Å². The summed E-state index contributed by atoms with van der Waals surface area (Å²) in [6.07, 6.45) is 3.71. The van der Waals surface area contributed by atoms with Crippen molar-refractivity contribution in [2.75, 3.05) is 6.61 Å². The van der Waals surface area contributed by atoms with Crippen molar-refractivity contribution < 1.29 is 9.84 Å². The van der Waals surface area contributed by atoms with Gasteiger partial charge in [-0.3, -0.25) is 0 Å². The van der Waals surface area contributed by atoms with Crippen molar-refractivity contribution in [1.29, 1.82) is 0 Å². The summed E-state index contributed by atoms with van der Waals surface area (Å²) in [5.41, 5.74) is 0.742. The zero-order valence-corrected chi connectivity index (χ0v) is 7.95. The average Bonchev–Trinajstić information content (AvgIpc) is 2.11. The lowest BCUT2D eigenvalue weighted by molar-refractivity contribution is 0.337. The van der Waals surface area contributed by atoms with Gasteiger partial charge in [-0.05, 0) is 26.0 Å². The van der Waals surface area contributed by atoms with Crippen LogP contribution in [0.1, 0.15) is 19.4 Å². The van der Waals surface area contributed by atoms with E-state index in [9.17, 15) is 5.11 Å². The Morgan fingerprint density at radius 1 is 1.46 bits per heavy atom. The molecule has 0 fully saturated rings. The maximum atomic E-state index is 9.52. The number of hydrogen-bond donors (Lipinski definition) is 1. The largest absolute Gasteiger partial charge is 0.507 e. The molecule has 2 nitrogen and oxygen atoms in total. The molecule has 0 aliphatic heterocycles. The highest BCUT2D eigenvalue weighted by atomic mass is 16.5. The third-order valence-electron chi connectivity index (χ3n) is 1.68. The zero-order valence-electron chi connectivity index (χ0n) is 7.95. The molecule has 0 spiro atoms. The van der Waals surface area contributed by atoms with Crippen molar-refractivity contribution in [3.63, 3.8) is 0 Å². The topological polar surface area (TPSA) is 29.5 Å². The molecule has 1 aromatic carbocycles. The molecule has 0 aliphatic rings. The van der Waals surface area contributed by atoms with E-state index in [2.05, 4.69) is 0 Å². The quantitative estimate of drug-likeness (QED) is 0.771. The third-order valence-corrected chi connectivity index (χ3v) is 1.68. The number of hydrogen-bond acceptors (Lipinski definition) is 2. The Balaban J connectivity index is 3.09. The van der Waals surface area contributed by atoms with E-state index < -0.39 is 0 Å². The number of benzene rings is 1. The normalized spacial score (nSPS) is 10.6. The van der Waals surface area contributed by atoms with Gasteiger partial charge in [0.15, 0.2) is 0 Å². The van der Waals surface area contributed by atoms with Crippen LogP contribution in [0.5, 0.6) is 11.5 Å². The van der Waals surface area contributed by atoms with Crippen LogP contribution in [0.4, 0.5) is 0 Å². The fraction of sp³-hybridized carbons (Fsp3) is 0.273. The standard InChI is InChI=1S/C11H14O2/c1-3-6-9-10(12)7-5-8-11(9)13-4-2/h3,5-8,12H,4H2,1-2H3/b6-3+. The van der Waals surface area contributed by atoms with Gasteiger partial charge in [-0.2, -0.15) is 0 Å². The Labute approximate surface area is 78.5 Å². The van der Waals surface area contributed by atoms with Crippen LogP contribution in [0.3, 0.4) is 0 Å². The van der Waals surface area contributed by atoms with Crippen molar-refractivity contribution >= 4 is 6.08 Å². The molecule has 1 aromatic rings. The van der Waals surface area contributed by atoms with Gasteiger partial charge in [0.25, 0.3) is 0 Å². The molecule has 0 bridgehead atoms. The second kappa shape index (κ2) is 4.55. The molecule has 1 rings (SSSR count). The summed E-state index contributed by atoms with van der Waals surface area (Å²) in [5, 5.41) is 9.52. The van der Waals surface area contributed by atoms with E-state index in [4.69, 9.17) is 4.74 Å². The second-order valence-electron chi connectivity index (χ2n) is 2.62.